The van der Waals surface area contributed by atoms with E-state index in [1.807, 2.05) is 0 Å². The van der Waals surface area contributed by atoms with Crippen LogP contribution < -0.4 is 10.6 Å². The van der Waals surface area contributed by atoms with E-state index < -0.39 is 0 Å². The molecule has 1 rings (SSSR count). The summed E-state index contributed by atoms with van der Waals surface area (Å²) in [6.45, 7) is 8.68. The summed E-state index contributed by atoms with van der Waals surface area (Å²) < 4.78 is 0. The third-order valence-electron chi connectivity index (χ3n) is 4.19. The molecule has 0 unspecified atom stereocenters. The number of rotatable bonds is 12. The molecule has 1 amide bonds. The van der Waals surface area contributed by atoms with Crippen LogP contribution in [0.1, 0.15) is 64.7 Å². The minimum absolute atomic E-state index is 0.240. The number of piperazine rings is 1. The van der Waals surface area contributed by atoms with Gasteiger partial charge in [0.25, 0.3) is 0 Å². The normalized spacial score (nSPS) is 16.0. The predicted molar refractivity (Wildman–Crippen MR) is 89.5 cm³/mol. The Morgan fingerprint density at radius 2 is 1.67 bits per heavy atom. The van der Waals surface area contributed by atoms with Crippen LogP contribution >= 0.6 is 0 Å². The Bertz CT molecular complexity index is 252. The Hall–Kier alpha value is -0.610. The quantitative estimate of drug-likeness (QED) is 0.544. The summed E-state index contributed by atoms with van der Waals surface area (Å²) in [5.74, 6) is 0.240. The number of unbranched alkanes of at least 4 members (excludes halogenated alkanes) is 6. The number of carbonyl (C=O) groups excluding carboxylic acids is 1. The lowest BCUT2D eigenvalue weighted by atomic mass is 10.1. The Morgan fingerprint density at radius 1 is 1.00 bits per heavy atom. The zero-order chi connectivity index (χ0) is 15.2. The molecule has 4 nitrogen and oxygen atoms in total. The second-order valence-electron chi connectivity index (χ2n) is 6.17. The predicted octanol–water partition coefficient (Wildman–Crippen LogP) is 2.54. The third kappa shape index (κ3) is 10.7. The monoisotopic (exact) mass is 297 g/mol. The maximum absolute atomic E-state index is 11.7. The molecule has 124 valence electrons. The molecule has 0 saturated carbocycles. The average molecular weight is 297 g/mol. The highest BCUT2D eigenvalue weighted by Gasteiger charge is 2.08. The van der Waals surface area contributed by atoms with E-state index in [0.29, 0.717) is 6.42 Å². The lowest BCUT2D eigenvalue weighted by Crippen LogP contribution is -2.44. The maximum Gasteiger partial charge on any atom is 0.219 e. The van der Waals surface area contributed by atoms with E-state index in [0.717, 1.165) is 52.1 Å². The van der Waals surface area contributed by atoms with Gasteiger partial charge >= 0.3 is 0 Å². The molecule has 2 N–H and O–H groups in total. The lowest BCUT2D eigenvalue weighted by Gasteiger charge is -2.27. The first-order chi connectivity index (χ1) is 10.3. The molecule has 1 aliphatic heterocycles. The highest BCUT2D eigenvalue weighted by Crippen LogP contribution is 2.08. The van der Waals surface area contributed by atoms with Crippen LogP contribution in [0.25, 0.3) is 0 Å². The van der Waals surface area contributed by atoms with Crippen molar-refractivity contribution < 1.29 is 4.79 Å². The molecule has 1 heterocycles. The highest BCUT2D eigenvalue weighted by molar-refractivity contribution is 5.75. The van der Waals surface area contributed by atoms with E-state index in [4.69, 9.17) is 0 Å². The summed E-state index contributed by atoms with van der Waals surface area (Å²) in [7, 11) is 0. The Balaban J connectivity index is 1.82. The standard InChI is InChI=1S/C17H35N3O/c1-2-3-4-5-6-7-8-10-17(21)19-11-9-14-20-15-12-18-13-16-20/h18H,2-16H2,1H3,(H,19,21). The van der Waals surface area contributed by atoms with Crippen molar-refractivity contribution in [2.24, 2.45) is 0 Å². The van der Waals surface area contributed by atoms with Gasteiger partial charge in [0, 0.05) is 39.1 Å². The average Bonchev–Trinajstić information content (AvgIpc) is 2.52. The van der Waals surface area contributed by atoms with Gasteiger partial charge in [-0.2, -0.15) is 0 Å². The van der Waals surface area contributed by atoms with Crippen LogP contribution in [0.5, 0.6) is 0 Å². The highest BCUT2D eigenvalue weighted by atomic mass is 16.1. The molecule has 21 heavy (non-hydrogen) atoms. The largest absolute Gasteiger partial charge is 0.356 e. The summed E-state index contributed by atoms with van der Waals surface area (Å²) >= 11 is 0. The first-order valence-electron chi connectivity index (χ1n) is 9.02. The van der Waals surface area contributed by atoms with Crippen molar-refractivity contribution in [3.63, 3.8) is 0 Å². The number of carbonyl (C=O) groups is 1. The van der Waals surface area contributed by atoms with Crippen LogP contribution in [0.4, 0.5) is 0 Å². The van der Waals surface area contributed by atoms with Gasteiger partial charge < -0.3 is 15.5 Å². The fourth-order valence-electron chi connectivity index (χ4n) is 2.80. The van der Waals surface area contributed by atoms with Crippen molar-refractivity contribution in [2.45, 2.75) is 64.7 Å². The molecule has 1 aliphatic rings. The van der Waals surface area contributed by atoms with Gasteiger partial charge in [-0.3, -0.25) is 4.79 Å². The summed E-state index contributed by atoms with van der Waals surface area (Å²) in [6, 6.07) is 0. The molecule has 0 atom stereocenters. The summed E-state index contributed by atoms with van der Waals surface area (Å²) in [4.78, 5) is 14.2. The molecule has 0 spiro atoms. The van der Waals surface area contributed by atoms with Gasteiger partial charge in [0.05, 0.1) is 0 Å². The van der Waals surface area contributed by atoms with Crippen LogP contribution in [-0.2, 0) is 4.79 Å². The van der Waals surface area contributed by atoms with E-state index in [-0.39, 0.29) is 5.91 Å². The first-order valence-corrected chi connectivity index (χ1v) is 9.02. The molecule has 0 aromatic heterocycles. The van der Waals surface area contributed by atoms with Gasteiger partial charge in [-0.1, -0.05) is 45.4 Å². The summed E-state index contributed by atoms with van der Waals surface area (Å²) in [5.41, 5.74) is 0. The molecule has 1 fully saturated rings. The summed E-state index contributed by atoms with van der Waals surface area (Å²) in [5, 5.41) is 6.41. The van der Waals surface area contributed by atoms with Gasteiger partial charge in [-0.25, -0.2) is 0 Å². The number of nitrogens with zero attached hydrogens (tertiary/aromatic N) is 1. The Kier molecular flexibility index (Phi) is 11.5. The van der Waals surface area contributed by atoms with Crippen molar-refractivity contribution in [1.82, 2.24) is 15.5 Å². The van der Waals surface area contributed by atoms with Gasteiger partial charge in [-0.15, -0.1) is 0 Å². The second kappa shape index (κ2) is 13.1. The van der Waals surface area contributed by atoms with Crippen LogP contribution in [0.15, 0.2) is 0 Å². The number of amides is 1. The molecule has 0 aromatic carbocycles. The molecule has 4 heteroatoms. The van der Waals surface area contributed by atoms with E-state index in [9.17, 15) is 4.79 Å². The van der Waals surface area contributed by atoms with Crippen molar-refractivity contribution in [1.29, 1.82) is 0 Å². The molecular formula is C17H35N3O. The van der Waals surface area contributed by atoms with Gasteiger partial charge in [-0.05, 0) is 19.4 Å². The van der Waals surface area contributed by atoms with Crippen molar-refractivity contribution >= 4 is 5.91 Å². The molecule has 1 saturated heterocycles. The van der Waals surface area contributed by atoms with Crippen LogP contribution in [-0.4, -0.2) is 50.1 Å². The van der Waals surface area contributed by atoms with Crippen LogP contribution in [0.3, 0.4) is 0 Å². The zero-order valence-corrected chi connectivity index (χ0v) is 14.0. The minimum Gasteiger partial charge on any atom is -0.356 e. The van der Waals surface area contributed by atoms with Crippen molar-refractivity contribution in [3.05, 3.63) is 0 Å². The SMILES string of the molecule is CCCCCCCCCC(=O)NCCCN1CCNCC1. The van der Waals surface area contributed by atoms with E-state index >= 15 is 0 Å². The zero-order valence-electron chi connectivity index (χ0n) is 14.0. The first kappa shape index (κ1) is 18.4. The van der Waals surface area contributed by atoms with Crippen molar-refractivity contribution in [3.8, 4) is 0 Å². The molecule has 0 bridgehead atoms. The van der Waals surface area contributed by atoms with E-state index in [2.05, 4.69) is 22.5 Å². The van der Waals surface area contributed by atoms with E-state index in [1.165, 1.54) is 38.5 Å². The van der Waals surface area contributed by atoms with Crippen LogP contribution in [0, 0.1) is 0 Å². The molecule has 0 aromatic rings. The molecule has 0 radical (unpaired) electrons. The maximum atomic E-state index is 11.7. The molecule has 0 aliphatic carbocycles. The minimum atomic E-state index is 0.240. The number of hydrogen-bond acceptors (Lipinski definition) is 3. The summed E-state index contributed by atoms with van der Waals surface area (Å²) in [6.07, 6.45) is 10.7. The Labute approximate surface area is 131 Å². The van der Waals surface area contributed by atoms with Crippen LogP contribution in [0.2, 0.25) is 0 Å². The number of nitrogens with one attached hydrogen (secondary N) is 2. The van der Waals surface area contributed by atoms with Crippen molar-refractivity contribution in [2.75, 3.05) is 39.3 Å². The topological polar surface area (TPSA) is 44.4 Å². The smallest absolute Gasteiger partial charge is 0.219 e. The fourth-order valence-corrected chi connectivity index (χ4v) is 2.80. The number of hydrogen-bond donors (Lipinski definition) is 2. The lowest BCUT2D eigenvalue weighted by molar-refractivity contribution is -0.121. The third-order valence-corrected chi connectivity index (χ3v) is 4.19. The van der Waals surface area contributed by atoms with Gasteiger partial charge in [0.2, 0.25) is 5.91 Å². The second-order valence-corrected chi connectivity index (χ2v) is 6.17. The van der Waals surface area contributed by atoms with Gasteiger partial charge in [0.15, 0.2) is 0 Å². The Morgan fingerprint density at radius 3 is 2.38 bits per heavy atom. The molecular weight excluding hydrogens is 262 g/mol. The van der Waals surface area contributed by atoms with Gasteiger partial charge in [0.1, 0.15) is 0 Å². The fraction of sp³-hybridized carbons (Fsp3) is 0.941. The van der Waals surface area contributed by atoms with E-state index in [1.54, 1.807) is 0 Å².